The normalized spacial score (nSPS) is 37.8. The largest absolute Gasteiger partial charge is 0.454 e. The van der Waals surface area contributed by atoms with Crippen molar-refractivity contribution < 1.29 is 19.1 Å². The fourth-order valence-electron chi connectivity index (χ4n) is 7.06. The van der Waals surface area contributed by atoms with Gasteiger partial charge in [0.05, 0.1) is 0 Å². The molecule has 0 aromatic carbocycles. The summed E-state index contributed by atoms with van der Waals surface area (Å²) < 4.78 is 5.06. The minimum Gasteiger partial charge on any atom is -0.454 e. The SMILES string of the molecule is C[C@@H]1CCCC[C@@H]1NC(=O)COC(=O)CNC(=O)CC12CC3CC(CC(C3)C1)C2. The van der Waals surface area contributed by atoms with E-state index in [9.17, 15) is 14.4 Å². The van der Waals surface area contributed by atoms with E-state index < -0.39 is 5.97 Å². The molecule has 0 radical (unpaired) electrons. The highest BCUT2D eigenvalue weighted by molar-refractivity contribution is 5.84. The Labute approximate surface area is 173 Å². The zero-order valence-corrected chi connectivity index (χ0v) is 17.7. The minimum atomic E-state index is -0.546. The van der Waals surface area contributed by atoms with Crippen LogP contribution in [0, 0.1) is 29.1 Å². The summed E-state index contributed by atoms with van der Waals surface area (Å²) in [5.74, 6) is 2.04. The van der Waals surface area contributed by atoms with Crippen molar-refractivity contribution in [2.75, 3.05) is 13.2 Å². The fourth-order valence-corrected chi connectivity index (χ4v) is 7.06. The Kier molecular flexibility index (Phi) is 6.16. The lowest BCUT2D eigenvalue weighted by Crippen LogP contribution is -2.48. The van der Waals surface area contributed by atoms with E-state index in [1.807, 2.05) is 0 Å². The summed E-state index contributed by atoms with van der Waals surface area (Å²) in [4.78, 5) is 36.5. The van der Waals surface area contributed by atoms with Gasteiger partial charge in [0, 0.05) is 12.5 Å². The van der Waals surface area contributed by atoms with Crippen molar-refractivity contribution >= 4 is 17.8 Å². The Morgan fingerprint density at radius 1 is 0.931 bits per heavy atom. The molecule has 0 spiro atoms. The van der Waals surface area contributed by atoms with Gasteiger partial charge in [0.1, 0.15) is 6.54 Å². The van der Waals surface area contributed by atoms with Gasteiger partial charge in [-0.05, 0) is 80.5 Å². The lowest BCUT2D eigenvalue weighted by molar-refractivity contribution is -0.149. The molecular weight excluding hydrogens is 368 g/mol. The van der Waals surface area contributed by atoms with Crippen molar-refractivity contribution in [2.45, 2.75) is 83.6 Å². The molecule has 5 aliphatic carbocycles. The van der Waals surface area contributed by atoms with Crippen LogP contribution in [0.25, 0.3) is 0 Å². The minimum absolute atomic E-state index is 0.0515. The maximum absolute atomic E-state index is 12.5. The number of hydrogen-bond donors (Lipinski definition) is 2. The van der Waals surface area contributed by atoms with Crippen molar-refractivity contribution in [3.63, 3.8) is 0 Å². The molecule has 4 bridgehead atoms. The van der Waals surface area contributed by atoms with E-state index in [-0.39, 0.29) is 36.4 Å². The summed E-state index contributed by atoms with van der Waals surface area (Å²) in [6.45, 7) is 1.72. The first-order valence-corrected chi connectivity index (χ1v) is 11.6. The van der Waals surface area contributed by atoms with Gasteiger partial charge < -0.3 is 15.4 Å². The van der Waals surface area contributed by atoms with E-state index in [1.165, 1.54) is 44.9 Å². The van der Waals surface area contributed by atoms with Gasteiger partial charge in [0.2, 0.25) is 5.91 Å². The number of amides is 2. The van der Waals surface area contributed by atoms with E-state index in [0.29, 0.717) is 12.3 Å². The molecule has 2 amide bonds. The van der Waals surface area contributed by atoms with E-state index in [1.54, 1.807) is 0 Å². The van der Waals surface area contributed by atoms with Gasteiger partial charge in [-0.3, -0.25) is 14.4 Å². The maximum atomic E-state index is 12.5. The molecule has 0 aromatic rings. The molecule has 0 aliphatic heterocycles. The highest BCUT2D eigenvalue weighted by atomic mass is 16.5. The second-order valence-electron chi connectivity index (χ2n) is 10.5. The Bertz CT molecular complexity index is 612. The summed E-state index contributed by atoms with van der Waals surface area (Å²) in [6, 6.07) is 0.176. The number of esters is 1. The summed E-state index contributed by atoms with van der Waals surface area (Å²) in [5, 5.41) is 5.70. The van der Waals surface area contributed by atoms with Crippen LogP contribution in [0.1, 0.15) is 77.6 Å². The second-order valence-corrected chi connectivity index (χ2v) is 10.5. The average Bonchev–Trinajstić information content (AvgIpc) is 2.65. The Morgan fingerprint density at radius 2 is 1.55 bits per heavy atom. The quantitative estimate of drug-likeness (QED) is 0.639. The molecule has 5 aliphatic rings. The van der Waals surface area contributed by atoms with Gasteiger partial charge in [0.15, 0.2) is 6.61 Å². The molecule has 0 unspecified atom stereocenters. The van der Waals surface area contributed by atoms with Crippen LogP contribution in [-0.4, -0.2) is 37.0 Å². The van der Waals surface area contributed by atoms with Crippen LogP contribution in [0.3, 0.4) is 0 Å². The number of nitrogens with one attached hydrogen (secondary N) is 2. The summed E-state index contributed by atoms with van der Waals surface area (Å²) in [5.41, 5.74) is 0.166. The highest BCUT2D eigenvalue weighted by Crippen LogP contribution is 2.61. The topological polar surface area (TPSA) is 84.5 Å². The van der Waals surface area contributed by atoms with Gasteiger partial charge in [-0.15, -0.1) is 0 Å². The number of hydrogen-bond acceptors (Lipinski definition) is 4. The molecule has 2 N–H and O–H groups in total. The molecule has 2 atom stereocenters. The monoisotopic (exact) mass is 404 g/mol. The van der Waals surface area contributed by atoms with Gasteiger partial charge in [0.25, 0.3) is 5.91 Å². The van der Waals surface area contributed by atoms with E-state index in [0.717, 1.165) is 37.0 Å². The highest BCUT2D eigenvalue weighted by Gasteiger charge is 2.51. The molecular formula is C23H36N2O4. The van der Waals surface area contributed by atoms with Gasteiger partial charge >= 0.3 is 5.97 Å². The summed E-state index contributed by atoms with van der Waals surface area (Å²) in [6.07, 6.45) is 12.6. The van der Waals surface area contributed by atoms with Crippen LogP contribution >= 0.6 is 0 Å². The summed E-state index contributed by atoms with van der Waals surface area (Å²) in [7, 11) is 0. The first kappa shape index (κ1) is 20.7. The third-order valence-electron chi connectivity index (χ3n) is 7.95. The maximum Gasteiger partial charge on any atom is 0.325 e. The Hall–Kier alpha value is -1.59. The van der Waals surface area contributed by atoms with E-state index in [4.69, 9.17) is 4.74 Å². The fraction of sp³-hybridized carbons (Fsp3) is 0.870. The number of carbonyl (C=O) groups is 3. The zero-order valence-electron chi connectivity index (χ0n) is 17.7. The molecule has 0 saturated heterocycles. The third-order valence-corrected chi connectivity index (χ3v) is 7.95. The molecule has 0 aromatic heterocycles. The van der Waals surface area contributed by atoms with Crippen molar-refractivity contribution in [1.82, 2.24) is 10.6 Å². The van der Waals surface area contributed by atoms with Crippen LogP contribution in [-0.2, 0) is 19.1 Å². The molecule has 0 heterocycles. The average molecular weight is 405 g/mol. The van der Waals surface area contributed by atoms with Gasteiger partial charge in [-0.25, -0.2) is 0 Å². The lowest BCUT2D eigenvalue weighted by Gasteiger charge is -2.56. The first-order chi connectivity index (χ1) is 13.9. The van der Waals surface area contributed by atoms with Crippen molar-refractivity contribution in [1.29, 1.82) is 0 Å². The van der Waals surface area contributed by atoms with Crippen LogP contribution in [0.2, 0.25) is 0 Å². The van der Waals surface area contributed by atoms with Gasteiger partial charge in [-0.2, -0.15) is 0 Å². The van der Waals surface area contributed by atoms with E-state index >= 15 is 0 Å². The molecule has 5 fully saturated rings. The molecule has 29 heavy (non-hydrogen) atoms. The molecule has 162 valence electrons. The van der Waals surface area contributed by atoms with Crippen molar-refractivity contribution in [3.05, 3.63) is 0 Å². The number of rotatable bonds is 7. The second kappa shape index (κ2) is 8.65. The smallest absolute Gasteiger partial charge is 0.325 e. The molecule has 5 rings (SSSR count). The third kappa shape index (κ3) is 5.13. The zero-order chi connectivity index (χ0) is 20.4. The number of carbonyl (C=O) groups excluding carboxylic acids is 3. The van der Waals surface area contributed by atoms with Crippen molar-refractivity contribution in [3.8, 4) is 0 Å². The standard InChI is InChI=1S/C23H36N2O4/c1-15-4-2-3-5-19(15)25-21(27)14-29-22(28)13-24-20(26)12-23-9-16-6-17(10-23)8-18(7-16)11-23/h15-19H,2-14H2,1H3,(H,24,26)(H,25,27)/t15-,16?,17?,18?,19+,23?/m1/s1. The molecule has 5 saturated carbocycles. The molecule has 6 heteroatoms. The Morgan fingerprint density at radius 3 is 2.17 bits per heavy atom. The van der Waals surface area contributed by atoms with Crippen LogP contribution < -0.4 is 10.6 Å². The van der Waals surface area contributed by atoms with Crippen LogP contribution in [0.4, 0.5) is 0 Å². The van der Waals surface area contributed by atoms with Crippen LogP contribution in [0.15, 0.2) is 0 Å². The van der Waals surface area contributed by atoms with Crippen molar-refractivity contribution in [2.24, 2.45) is 29.1 Å². The van der Waals surface area contributed by atoms with E-state index in [2.05, 4.69) is 17.6 Å². The predicted octanol–water partition coefficient (Wildman–Crippen LogP) is 2.95. The lowest BCUT2D eigenvalue weighted by atomic mass is 9.49. The van der Waals surface area contributed by atoms with Crippen LogP contribution in [0.5, 0.6) is 0 Å². The summed E-state index contributed by atoms with van der Waals surface area (Å²) >= 11 is 0. The van der Waals surface area contributed by atoms with Gasteiger partial charge in [-0.1, -0.05) is 19.8 Å². The number of ether oxygens (including phenoxy) is 1. The predicted molar refractivity (Wildman–Crippen MR) is 109 cm³/mol. The molecule has 6 nitrogen and oxygen atoms in total. The Balaban J connectivity index is 1.14. The first-order valence-electron chi connectivity index (χ1n) is 11.6.